The van der Waals surface area contributed by atoms with Gasteiger partial charge in [0.05, 0.1) is 0 Å². The Morgan fingerprint density at radius 3 is 0.939 bits per heavy atom. The Hall–Kier alpha value is -8.22. The number of carbonyl (C=O) groups excluding carboxylic acids is 2. The minimum Gasteiger partial charge on any atom is -0.418 e. The summed E-state index contributed by atoms with van der Waals surface area (Å²) in [6.45, 7) is 8.89. The van der Waals surface area contributed by atoms with Gasteiger partial charge in [-0.2, -0.15) is 0 Å². The average Bonchev–Trinajstić information content (AvgIpc) is 3.98. The quantitative estimate of drug-likeness (QED) is 0.142. The SMILES string of the molecule is CC1(C)c2cc(C3=C4OC(=O)C(c5ccc6c(c5)C(C)(C)c5cc(N(c7ccccc7)c7ccccc7)ccc5-6)=C4OC3=O)ccc2-c2ccc(N(c3ccccc3)c3ccccc3)cc21. The minimum atomic E-state index is -0.537. The van der Waals surface area contributed by atoms with Gasteiger partial charge in [-0.05, 0) is 141 Å². The van der Waals surface area contributed by atoms with Gasteiger partial charge in [0.2, 0.25) is 0 Å². The van der Waals surface area contributed by atoms with E-state index in [1.165, 1.54) is 11.1 Å². The van der Waals surface area contributed by atoms with Gasteiger partial charge in [-0.15, -0.1) is 0 Å². The third-order valence-corrected chi connectivity index (χ3v) is 13.9. The van der Waals surface area contributed by atoms with Crippen LogP contribution in [-0.2, 0) is 29.9 Å². The highest BCUT2D eigenvalue weighted by Crippen LogP contribution is 2.54. The molecule has 6 nitrogen and oxygen atoms in total. The highest BCUT2D eigenvalue weighted by atomic mass is 16.6. The molecule has 0 saturated carbocycles. The third-order valence-electron chi connectivity index (χ3n) is 13.9. The van der Waals surface area contributed by atoms with Gasteiger partial charge >= 0.3 is 11.9 Å². The van der Waals surface area contributed by atoms with Crippen LogP contribution in [0, 0.1) is 0 Å². The largest absolute Gasteiger partial charge is 0.418 e. The van der Waals surface area contributed by atoms with Crippen molar-refractivity contribution in [1.82, 2.24) is 0 Å². The van der Waals surface area contributed by atoms with Crippen molar-refractivity contribution in [3.63, 3.8) is 0 Å². The maximum atomic E-state index is 14.0. The zero-order valence-electron chi connectivity index (χ0n) is 37.0. The fraction of sp³-hybridized carbons (Fsp3) is 0.100. The topological polar surface area (TPSA) is 59.1 Å². The Bertz CT molecular complexity index is 3080. The lowest BCUT2D eigenvalue weighted by atomic mass is 9.81. The molecule has 66 heavy (non-hydrogen) atoms. The predicted octanol–water partition coefficient (Wildman–Crippen LogP) is 14.5. The summed E-state index contributed by atoms with van der Waals surface area (Å²) in [4.78, 5) is 32.5. The smallest absolute Gasteiger partial charge is 0.348 e. The van der Waals surface area contributed by atoms with Gasteiger partial charge in [-0.25, -0.2) is 9.59 Å². The van der Waals surface area contributed by atoms with Gasteiger partial charge in [-0.3, -0.25) is 0 Å². The molecule has 0 N–H and O–H groups in total. The Kier molecular flexibility index (Phi) is 8.75. The van der Waals surface area contributed by atoms with Crippen LogP contribution in [0.15, 0.2) is 206 Å². The Morgan fingerprint density at radius 2 is 0.621 bits per heavy atom. The number of rotatable bonds is 8. The van der Waals surface area contributed by atoms with Crippen LogP contribution in [0.5, 0.6) is 0 Å². The molecule has 0 atom stereocenters. The van der Waals surface area contributed by atoms with Crippen LogP contribution in [0.1, 0.15) is 61.1 Å². The summed E-state index contributed by atoms with van der Waals surface area (Å²) in [6, 6.07) is 67.1. The Morgan fingerprint density at radius 1 is 0.333 bits per heavy atom. The number of para-hydroxylation sites is 4. The number of fused-ring (bicyclic) bond motifs is 7. The number of benzene rings is 8. The van der Waals surface area contributed by atoms with Crippen molar-refractivity contribution < 1.29 is 19.1 Å². The average molecular weight is 857 g/mol. The van der Waals surface area contributed by atoms with E-state index in [0.29, 0.717) is 11.1 Å². The number of carbonyl (C=O) groups is 2. The van der Waals surface area contributed by atoms with Crippen LogP contribution < -0.4 is 9.80 Å². The summed E-state index contributed by atoms with van der Waals surface area (Å²) >= 11 is 0. The maximum Gasteiger partial charge on any atom is 0.348 e. The molecule has 4 aliphatic rings. The summed E-state index contributed by atoms with van der Waals surface area (Å²) in [7, 11) is 0. The molecule has 8 aromatic rings. The molecule has 2 heterocycles. The summed E-state index contributed by atoms with van der Waals surface area (Å²) < 4.78 is 12.0. The third kappa shape index (κ3) is 5.95. The molecule has 8 aromatic carbocycles. The minimum absolute atomic E-state index is 0.173. The van der Waals surface area contributed by atoms with Crippen molar-refractivity contribution >= 4 is 57.2 Å². The second-order valence-electron chi connectivity index (χ2n) is 18.4. The van der Waals surface area contributed by atoms with Crippen molar-refractivity contribution in [3.8, 4) is 22.3 Å². The zero-order valence-corrected chi connectivity index (χ0v) is 37.0. The maximum absolute atomic E-state index is 14.0. The zero-order chi connectivity index (χ0) is 44.9. The lowest BCUT2D eigenvalue weighted by molar-refractivity contribution is -0.131. The van der Waals surface area contributed by atoms with Crippen LogP contribution in [0.4, 0.5) is 34.1 Å². The van der Waals surface area contributed by atoms with Crippen molar-refractivity contribution in [2.24, 2.45) is 0 Å². The van der Waals surface area contributed by atoms with E-state index in [-0.39, 0.29) is 22.7 Å². The molecule has 2 aliphatic heterocycles. The predicted molar refractivity (Wildman–Crippen MR) is 263 cm³/mol. The molecule has 6 heteroatoms. The Balaban J connectivity index is 0.889. The monoisotopic (exact) mass is 856 g/mol. The first-order chi connectivity index (χ1) is 32.1. The van der Waals surface area contributed by atoms with Crippen molar-refractivity contribution in [2.75, 3.05) is 9.80 Å². The number of hydrogen-bond acceptors (Lipinski definition) is 6. The molecule has 0 amide bonds. The second-order valence-corrected chi connectivity index (χ2v) is 18.4. The summed E-state index contributed by atoms with van der Waals surface area (Å²) in [5, 5.41) is 0. The molecule has 0 spiro atoms. The molecule has 0 aromatic heterocycles. The molecule has 0 unspecified atom stereocenters. The molecule has 0 saturated heterocycles. The lowest BCUT2D eigenvalue weighted by Gasteiger charge is -2.28. The van der Waals surface area contributed by atoms with E-state index in [1.54, 1.807) is 0 Å². The molecule has 0 fully saturated rings. The van der Waals surface area contributed by atoms with Gasteiger partial charge in [0.25, 0.3) is 0 Å². The van der Waals surface area contributed by atoms with Gasteiger partial charge in [0.15, 0.2) is 11.5 Å². The first-order valence-corrected chi connectivity index (χ1v) is 22.4. The molecule has 2 aliphatic carbocycles. The molecule has 0 bridgehead atoms. The summed E-state index contributed by atoms with van der Waals surface area (Å²) in [6.07, 6.45) is 0. The number of hydrogen-bond donors (Lipinski definition) is 0. The van der Waals surface area contributed by atoms with Crippen LogP contribution in [-0.4, -0.2) is 11.9 Å². The normalized spacial score (nSPS) is 15.7. The van der Waals surface area contributed by atoms with E-state index in [1.807, 2.05) is 36.4 Å². The molecule has 12 rings (SSSR count). The molecule has 0 radical (unpaired) electrons. The van der Waals surface area contributed by atoms with Crippen molar-refractivity contribution in [3.05, 3.63) is 239 Å². The van der Waals surface area contributed by atoms with Crippen molar-refractivity contribution in [1.29, 1.82) is 0 Å². The Labute approximate surface area is 384 Å². The fourth-order valence-corrected chi connectivity index (χ4v) is 10.6. The van der Waals surface area contributed by atoms with Gasteiger partial charge in [0.1, 0.15) is 11.1 Å². The van der Waals surface area contributed by atoms with Crippen LogP contribution >= 0.6 is 0 Å². The highest BCUT2D eigenvalue weighted by Gasteiger charge is 2.46. The first kappa shape index (κ1) is 39.4. The van der Waals surface area contributed by atoms with Crippen LogP contribution in [0.25, 0.3) is 33.4 Å². The van der Waals surface area contributed by atoms with Crippen molar-refractivity contribution in [2.45, 2.75) is 38.5 Å². The standard InChI is InChI=1S/C60H44N2O4/c1-59(2)49-33-37(25-29-45(49)47-31-27-43(35-51(47)59)61(39-17-9-5-10-18-39)40-19-11-6-12-20-40)53-55-56(66-57(53)63)54(58(64)65-55)38-26-30-46-48-32-28-44(36-52(48)60(3,4)50(46)34-38)62(41-21-13-7-14-22-41)42-23-15-8-16-24-42/h5-36H,1-4H3. The second kappa shape index (κ2) is 14.7. The van der Waals surface area contributed by atoms with E-state index in [4.69, 9.17) is 9.47 Å². The summed E-state index contributed by atoms with van der Waals surface area (Å²) in [5.74, 6) is -0.729. The molecule has 318 valence electrons. The van der Waals surface area contributed by atoms with E-state index in [0.717, 1.165) is 67.5 Å². The van der Waals surface area contributed by atoms with E-state index >= 15 is 0 Å². The lowest BCUT2D eigenvalue weighted by Crippen LogP contribution is -2.17. The van der Waals surface area contributed by atoms with Crippen LogP contribution in [0.3, 0.4) is 0 Å². The number of nitrogens with zero attached hydrogens (tertiary/aromatic N) is 2. The first-order valence-electron chi connectivity index (χ1n) is 22.4. The fourth-order valence-electron chi connectivity index (χ4n) is 10.6. The van der Waals surface area contributed by atoms with Crippen LogP contribution in [0.2, 0.25) is 0 Å². The van der Waals surface area contributed by atoms with E-state index in [9.17, 15) is 9.59 Å². The number of anilines is 6. The van der Waals surface area contributed by atoms with Gasteiger partial charge in [-0.1, -0.05) is 137 Å². The molecular formula is C60H44N2O4. The molecular weight excluding hydrogens is 813 g/mol. The number of esters is 2. The number of ether oxygens (including phenoxy) is 2. The summed E-state index contributed by atoms with van der Waals surface area (Å²) in [5.41, 5.74) is 16.4. The van der Waals surface area contributed by atoms with E-state index in [2.05, 4.69) is 195 Å². The van der Waals surface area contributed by atoms with Gasteiger partial charge in [0, 0.05) is 45.0 Å². The van der Waals surface area contributed by atoms with E-state index < -0.39 is 22.8 Å². The van der Waals surface area contributed by atoms with Gasteiger partial charge < -0.3 is 19.3 Å². The highest BCUT2D eigenvalue weighted by molar-refractivity contribution is 6.29.